The Bertz CT molecular complexity index is 757. The lowest BCUT2D eigenvalue weighted by Crippen LogP contribution is -2.09. The number of alkyl halides is 3. The maximum absolute atomic E-state index is 12.9. The Kier molecular flexibility index (Phi) is 3.20. The lowest BCUT2D eigenvalue weighted by molar-refractivity contribution is -0.138. The Morgan fingerprint density at radius 3 is 2.62 bits per heavy atom. The molecular weight excluding hydrogens is 279 g/mol. The molecule has 0 aliphatic rings. The monoisotopic (exact) mass is 291 g/mol. The molecule has 0 atom stereocenters. The van der Waals surface area contributed by atoms with E-state index in [0.29, 0.717) is 11.3 Å². The molecule has 0 amide bonds. The van der Waals surface area contributed by atoms with Crippen LogP contribution in [0.15, 0.2) is 47.0 Å². The molecule has 3 rings (SSSR count). The third-order valence-electron chi connectivity index (χ3n) is 3.30. The van der Waals surface area contributed by atoms with Gasteiger partial charge in [-0.05, 0) is 30.7 Å². The van der Waals surface area contributed by atoms with Crippen molar-refractivity contribution >= 4 is 11.0 Å². The number of rotatable bonds is 2. The van der Waals surface area contributed by atoms with Gasteiger partial charge in [-0.2, -0.15) is 13.2 Å². The number of benzene rings is 1. The zero-order valence-electron chi connectivity index (χ0n) is 11.2. The second-order valence-electron chi connectivity index (χ2n) is 4.90. The van der Waals surface area contributed by atoms with Crippen LogP contribution in [0.3, 0.4) is 0 Å². The molecule has 0 fully saturated rings. The van der Waals surface area contributed by atoms with Crippen LogP contribution in [0.5, 0.6) is 0 Å². The lowest BCUT2D eigenvalue weighted by atomic mass is 10.1. The van der Waals surface area contributed by atoms with E-state index in [9.17, 15) is 13.2 Å². The van der Waals surface area contributed by atoms with Gasteiger partial charge in [0.15, 0.2) is 0 Å². The SMILES string of the molecule is Cc1ncc(Cc2cc3ccccc3o2)cc1C(F)(F)F. The summed E-state index contributed by atoms with van der Waals surface area (Å²) in [6, 6.07) is 10.4. The molecule has 0 bridgehead atoms. The normalized spacial score (nSPS) is 12.0. The van der Waals surface area contributed by atoms with Crippen LogP contribution >= 0.6 is 0 Å². The van der Waals surface area contributed by atoms with Crippen molar-refractivity contribution in [3.05, 3.63) is 65.2 Å². The molecular formula is C16H12F3NO. The second-order valence-corrected chi connectivity index (χ2v) is 4.90. The molecule has 0 aliphatic heterocycles. The minimum atomic E-state index is -4.39. The maximum atomic E-state index is 12.9. The number of para-hydroxylation sites is 1. The van der Waals surface area contributed by atoms with Gasteiger partial charge in [-0.25, -0.2) is 0 Å². The van der Waals surface area contributed by atoms with Crippen LogP contribution < -0.4 is 0 Å². The molecule has 5 heteroatoms. The number of aromatic nitrogens is 1. The van der Waals surface area contributed by atoms with Gasteiger partial charge in [0.2, 0.25) is 0 Å². The van der Waals surface area contributed by atoms with Gasteiger partial charge in [0.1, 0.15) is 11.3 Å². The Morgan fingerprint density at radius 2 is 1.90 bits per heavy atom. The number of pyridine rings is 1. The van der Waals surface area contributed by atoms with Crippen LogP contribution in [0.1, 0.15) is 22.6 Å². The summed E-state index contributed by atoms with van der Waals surface area (Å²) in [6.07, 6.45) is -2.65. The Labute approximate surface area is 119 Å². The summed E-state index contributed by atoms with van der Waals surface area (Å²) in [5.74, 6) is 0.620. The van der Waals surface area contributed by atoms with Gasteiger partial charge in [0.05, 0.1) is 5.56 Å². The Balaban J connectivity index is 1.94. The van der Waals surface area contributed by atoms with Crippen molar-refractivity contribution in [1.82, 2.24) is 4.98 Å². The maximum Gasteiger partial charge on any atom is 0.418 e. The molecule has 1 aromatic carbocycles. The number of furan rings is 1. The zero-order valence-corrected chi connectivity index (χ0v) is 11.2. The number of halogens is 3. The highest BCUT2D eigenvalue weighted by atomic mass is 19.4. The van der Waals surface area contributed by atoms with Gasteiger partial charge >= 0.3 is 6.18 Å². The van der Waals surface area contributed by atoms with Crippen LogP contribution in [-0.4, -0.2) is 4.98 Å². The number of hydrogen-bond donors (Lipinski definition) is 0. The van der Waals surface area contributed by atoms with Gasteiger partial charge in [-0.3, -0.25) is 4.98 Å². The zero-order chi connectivity index (χ0) is 15.0. The van der Waals surface area contributed by atoms with Crippen molar-refractivity contribution in [3.63, 3.8) is 0 Å². The highest BCUT2D eigenvalue weighted by Crippen LogP contribution is 2.32. The van der Waals surface area contributed by atoms with E-state index < -0.39 is 11.7 Å². The molecule has 0 unspecified atom stereocenters. The van der Waals surface area contributed by atoms with E-state index >= 15 is 0 Å². The van der Waals surface area contributed by atoms with Crippen LogP contribution in [0, 0.1) is 6.92 Å². The van der Waals surface area contributed by atoms with E-state index in [-0.39, 0.29) is 12.1 Å². The largest absolute Gasteiger partial charge is 0.461 e. The summed E-state index contributed by atoms with van der Waals surface area (Å²) in [4.78, 5) is 3.83. The molecule has 108 valence electrons. The van der Waals surface area contributed by atoms with Crippen LogP contribution in [-0.2, 0) is 12.6 Å². The number of aryl methyl sites for hydroxylation is 1. The number of hydrogen-bond acceptors (Lipinski definition) is 2. The first-order valence-electron chi connectivity index (χ1n) is 6.43. The summed E-state index contributed by atoms with van der Waals surface area (Å²) in [6.45, 7) is 1.35. The molecule has 0 saturated heterocycles. The van der Waals surface area contributed by atoms with Crippen molar-refractivity contribution in [2.75, 3.05) is 0 Å². The molecule has 21 heavy (non-hydrogen) atoms. The second kappa shape index (κ2) is 4.91. The van der Waals surface area contributed by atoms with E-state index in [0.717, 1.165) is 17.0 Å². The van der Waals surface area contributed by atoms with E-state index in [1.807, 2.05) is 30.3 Å². The molecule has 0 spiro atoms. The average Bonchev–Trinajstić information content (AvgIpc) is 2.82. The first-order valence-corrected chi connectivity index (χ1v) is 6.43. The summed E-state index contributed by atoms with van der Waals surface area (Å²) in [5.41, 5.74) is 0.488. The minimum absolute atomic E-state index is 0.0177. The minimum Gasteiger partial charge on any atom is -0.461 e. The van der Waals surface area contributed by atoms with Gasteiger partial charge in [-0.15, -0.1) is 0 Å². The van der Waals surface area contributed by atoms with Crippen molar-refractivity contribution in [2.45, 2.75) is 19.5 Å². The first kappa shape index (κ1) is 13.7. The highest BCUT2D eigenvalue weighted by Gasteiger charge is 2.33. The molecule has 0 radical (unpaired) electrons. The number of nitrogens with zero attached hydrogens (tertiary/aromatic N) is 1. The van der Waals surface area contributed by atoms with E-state index in [4.69, 9.17) is 4.42 Å². The predicted octanol–water partition coefficient (Wildman–Crippen LogP) is 4.75. The van der Waals surface area contributed by atoms with Crippen LogP contribution in [0.25, 0.3) is 11.0 Å². The summed E-state index contributed by atoms with van der Waals surface area (Å²) in [5, 5.41) is 0.934. The quantitative estimate of drug-likeness (QED) is 0.681. The molecule has 0 aliphatic carbocycles. The molecule has 0 N–H and O–H groups in total. The first-order chi connectivity index (χ1) is 9.93. The lowest BCUT2D eigenvalue weighted by Gasteiger charge is -2.10. The number of fused-ring (bicyclic) bond motifs is 1. The summed E-state index contributed by atoms with van der Waals surface area (Å²) in [7, 11) is 0. The highest BCUT2D eigenvalue weighted by molar-refractivity contribution is 5.77. The van der Waals surface area contributed by atoms with E-state index in [2.05, 4.69) is 4.98 Å². The molecule has 2 nitrogen and oxygen atoms in total. The third kappa shape index (κ3) is 2.77. The fourth-order valence-electron chi connectivity index (χ4n) is 2.29. The third-order valence-corrected chi connectivity index (χ3v) is 3.30. The van der Waals surface area contributed by atoms with Crippen molar-refractivity contribution in [2.24, 2.45) is 0 Å². The van der Waals surface area contributed by atoms with Crippen molar-refractivity contribution in [1.29, 1.82) is 0 Å². The molecule has 0 saturated carbocycles. The van der Waals surface area contributed by atoms with Gasteiger partial charge < -0.3 is 4.42 Å². The topological polar surface area (TPSA) is 26.0 Å². The van der Waals surface area contributed by atoms with E-state index in [1.54, 1.807) is 0 Å². The van der Waals surface area contributed by atoms with Gasteiger partial charge in [0.25, 0.3) is 0 Å². The van der Waals surface area contributed by atoms with Gasteiger partial charge in [0, 0.05) is 23.7 Å². The Hall–Kier alpha value is -2.30. The van der Waals surface area contributed by atoms with Crippen LogP contribution in [0.2, 0.25) is 0 Å². The predicted molar refractivity (Wildman–Crippen MR) is 73.0 cm³/mol. The molecule has 2 aromatic heterocycles. The standard InChI is InChI=1S/C16H12F3NO/c1-10-14(16(17,18)19)7-11(9-20-10)6-13-8-12-4-2-3-5-15(12)21-13/h2-5,7-9H,6H2,1H3. The van der Waals surface area contributed by atoms with Gasteiger partial charge in [-0.1, -0.05) is 18.2 Å². The van der Waals surface area contributed by atoms with Crippen molar-refractivity contribution in [3.8, 4) is 0 Å². The summed E-state index contributed by atoms with van der Waals surface area (Å²) < 4.78 is 44.2. The van der Waals surface area contributed by atoms with E-state index in [1.165, 1.54) is 13.1 Å². The fraction of sp³-hybridized carbons (Fsp3) is 0.188. The average molecular weight is 291 g/mol. The van der Waals surface area contributed by atoms with Crippen LogP contribution in [0.4, 0.5) is 13.2 Å². The Morgan fingerprint density at radius 1 is 1.14 bits per heavy atom. The summed E-state index contributed by atoms with van der Waals surface area (Å²) >= 11 is 0. The molecule has 2 heterocycles. The molecule has 3 aromatic rings. The smallest absolute Gasteiger partial charge is 0.418 e. The fourth-order valence-corrected chi connectivity index (χ4v) is 2.29. The van der Waals surface area contributed by atoms with Crippen molar-refractivity contribution < 1.29 is 17.6 Å².